The van der Waals surface area contributed by atoms with Crippen molar-refractivity contribution in [3.05, 3.63) is 0 Å². The third kappa shape index (κ3) is 2.82. The summed E-state index contributed by atoms with van der Waals surface area (Å²) in [6, 6.07) is 0. The van der Waals surface area contributed by atoms with Crippen LogP contribution >= 0.6 is 0 Å². The highest BCUT2D eigenvalue weighted by atomic mass is 18.2. The van der Waals surface area contributed by atoms with Crippen LogP contribution in [0.25, 0.3) is 0 Å². The minimum Gasteiger partial charge on any atom is -0.394 e. The number of aliphatic hydroxyl groups is 4. The molecule has 0 bridgehead atoms. The molecule has 0 aromatic carbocycles. The zero-order chi connectivity index (χ0) is 9.72. The zero-order valence-corrected chi connectivity index (χ0v) is 6.22. The fraction of sp³-hybridized carbons (Fsp3) is 0.833. The normalized spacial score (nSPS) is 18.4. The fourth-order valence-corrected chi connectivity index (χ4v) is 0.588. The molecule has 0 saturated carbocycles. The summed E-state index contributed by atoms with van der Waals surface area (Å²) >= 11 is 0. The van der Waals surface area contributed by atoms with Crippen LogP contribution in [0, 0.1) is 0 Å². The van der Waals surface area contributed by atoms with Crippen molar-refractivity contribution in [1.82, 2.24) is 0 Å². The van der Waals surface area contributed by atoms with E-state index in [9.17, 15) is 9.18 Å². The minimum atomic E-state index is -1.99. The first-order valence-corrected chi connectivity index (χ1v) is 3.28. The molecule has 12 heavy (non-hydrogen) atoms. The zero-order valence-electron chi connectivity index (χ0n) is 6.22. The van der Waals surface area contributed by atoms with Crippen LogP contribution in [0.4, 0.5) is 4.39 Å². The van der Waals surface area contributed by atoms with Gasteiger partial charge in [0, 0.05) is 0 Å². The molecule has 6 heteroatoms. The largest absolute Gasteiger partial charge is 0.394 e. The Balaban J connectivity index is 4.08. The Hall–Kier alpha value is -0.560. The lowest BCUT2D eigenvalue weighted by molar-refractivity contribution is -0.140. The predicted octanol–water partition coefficient (Wildman–Crippen LogP) is -2.40. The van der Waals surface area contributed by atoms with E-state index >= 15 is 0 Å². The molecule has 0 unspecified atom stereocenters. The number of hydrogen-bond acceptors (Lipinski definition) is 5. The molecule has 0 aliphatic carbocycles. The monoisotopic (exact) mass is 181 g/mol. The first kappa shape index (κ1) is 11.4. The number of rotatable bonds is 5. The van der Waals surface area contributed by atoms with Crippen LogP contribution in [0.3, 0.4) is 0 Å². The topological polar surface area (TPSA) is 98.0 Å². The Morgan fingerprint density at radius 1 is 1.33 bits per heavy atom. The van der Waals surface area contributed by atoms with Gasteiger partial charge >= 0.3 is 0 Å². The van der Waals surface area contributed by atoms with Gasteiger partial charge in [0.2, 0.25) is 0 Å². The first-order chi connectivity index (χ1) is 5.54. The van der Waals surface area contributed by atoms with Gasteiger partial charge in [-0.05, 0) is 0 Å². The molecule has 0 aliphatic rings. The van der Waals surface area contributed by atoms with E-state index in [2.05, 4.69) is 0 Å². The molecule has 5 nitrogen and oxygen atoms in total. The average molecular weight is 181 g/mol. The molecule has 0 rings (SSSR count). The second-order valence-corrected chi connectivity index (χ2v) is 2.29. The third-order valence-corrected chi connectivity index (χ3v) is 1.37. The van der Waals surface area contributed by atoms with E-state index in [4.69, 9.17) is 20.4 Å². The number of halogens is 1. The van der Waals surface area contributed by atoms with Gasteiger partial charge in [0.05, 0.1) is 6.61 Å². The van der Waals surface area contributed by atoms with Crippen LogP contribution in [0.1, 0.15) is 0 Å². The molecule has 0 heterocycles. The molecule has 4 N–H and O–H groups in total. The number of ketones is 1. The van der Waals surface area contributed by atoms with Crippen molar-refractivity contribution in [3.8, 4) is 0 Å². The number of alkyl halides is 1. The summed E-state index contributed by atoms with van der Waals surface area (Å²) in [6.07, 6.45) is -5.48. The lowest BCUT2D eigenvalue weighted by Gasteiger charge is -2.19. The van der Waals surface area contributed by atoms with Gasteiger partial charge in [-0.1, -0.05) is 0 Å². The minimum absolute atomic E-state index is 0.808. The Labute approximate surface area is 68.1 Å². The van der Waals surface area contributed by atoms with Gasteiger partial charge in [0.15, 0.2) is 12.5 Å². The Kier molecular flexibility index (Phi) is 4.91. The number of carbonyl (C=O) groups excluding carboxylic acids is 1. The molecule has 0 spiro atoms. The van der Waals surface area contributed by atoms with Crippen LogP contribution in [-0.2, 0) is 4.79 Å². The van der Waals surface area contributed by atoms with Crippen LogP contribution in [-0.4, -0.2) is 57.8 Å². The maximum Gasteiger partial charge on any atom is 0.194 e. The van der Waals surface area contributed by atoms with E-state index in [1.807, 2.05) is 0 Å². The van der Waals surface area contributed by atoms with Crippen molar-refractivity contribution in [1.29, 1.82) is 0 Å². The Morgan fingerprint density at radius 3 is 2.17 bits per heavy atom. The van der Waals surface area contributed by atoms with Gasteiger partial charge in [-0.3, -0.25) is 4.79 Å². The average Bonchev–Trinajstić information content (AvgIpc) is 2.12. The van der Waals surface area contributed by atoms with E-state index in [1.54, 1.807) is 0 Å². The Bertz CT molecular complexity index is 151. The molecule has 0 aromatic rings. The number of hydrogen-bond donors (Lipinski definition) is 4. The maximum atomic E-state index is 11.6. The molecular formula is C6H11FO5. The van der Waals surface area contributed by atoms with Crippen LogP contribution in [0.5, 0.6) is 0 Å². The Morgan fingerprint density at radius 2 is 1.83 bits per heavy atom. The van der Waals surface area contributed by atoms with E-state index < -0.39 is 37.4 Å². The van der Waals surface area contributed by atoms with Crippen molar-refractivity contribution in [3.63, 3.8) is 0 Å². The van der Waals surface area contributed by atoms with Gasteiger partial charge in [0.1, 0.15) is 18.3 Å². The molecule has 3 atom stereocenters. The van der Waals surface area contributed by atoms with Crippen LogP contribution in [0.2, 0.25) is 0 Å². The smallest absolute Gasteiger partial charge is 0.194 e. The van der Waals surface area contributed by atoms with E-state index in [1.165, 1.54) is 0 Å². The SMILES string of the molecule is O=C(C[18F])[C@@H](O)[C@H](O)[C@H](O)CO. The summed E-state index contributed by atoms with van der Waals surface area (Å²) in [6.45, 7) is -2.23. The van der Waals surface area contributed by atoms with Crippen molar-refractivity contribution in [2.24, 2.45) is 0 Å². The summed E-state index contributed by atoms with van der Waals surface area (Å²) in [5.74, 6) is -1.23. The second kappa shape index (κ2) is 5.15. The van der Waals surface area contributed by atoms with E-state index in [0.29, 0.717) is 0 Å². The summed E-state index contributed by atoms with van der Waals surface area (Å²) in [4.78, 5) is 10.4. The lowest BCUT2D eigenvalue weighted by Crippen LogP contribution is -2.44. The predicted molar refractivity (Wildman–Crippen MR) is 36.1 cm³/mol. The lowest BCUT2D eigenvalue weighted by atomic mass is 10.1. The first-order valence-electron chi connectivity index (χ1n) is 3.28. The van der Waals surface area contributed by atoms with Crippen molar-refractivity contribution in [2.45, 2.75) is 18.3 Å². The standard InChI is InChI=1S/C6H11FO5/c7-1-3(9)5(11)6(12)4(10)2-8/h4-6,8,10-12H,1-2H2/t4-,5-,6-/m1/s1/i7-1. The molecule has 72 valence electrons. The molecule has 0 radical (unpaired) electrons. The van der Waals surface area contributed by atoms with Gasteiger partial charge in [-0.15, -0.1) is 0 Å². The van der Waals surface area contributed by atoms with Crippen molar-refractivity contribution >= 4 is 5.78 Å². The quantitative estimate of drug-likeness (QED) is 0.379. The highest BCUT2D eigenvalue weighted by Crippen LogP contribution is 2.01. The van der Waals surface area contributed by atoms with Gasteiger partial charge in [-0.2, -0.15) is 0 Å². The highest BCUT2D eigenvalue weighted by Gasteiger charge is 2.29. The molecule has 0 saturated heterocycles. The maximum absolute atomic E-state index is 11.6. The molecule has 0 aromatic heterocycles. The number of aliphatic hydroxyl groups excluding tert-OH is 4. The third-order valence-electron chi connectivity index (χ3n) is 1.37. The summed E-state index contributed by atoms with van der Waals surface area (Å²) in [5, 5.41) is 34.6. The summed E-state index contributed by atoms with van der Waals surface area (Å²) in [5.41, 5.74) is 0. The molecule has 0 aliphatic heterocycles. The summed E-state index contributed by atoms with van der Waals surface area (Å²) < 4.78 is 11.6. The summed E-state index contributed by atoms with van der Waals surface area (Å²) in [7, 11) is 0. The van der Waals surface area contributed by atoms with Gasteiger partial charge in [0.25, 0.3) is 0 Å². The second-order valence-electron chi connectivity index (χ2n) is 2.29. The van der Waals surface area contributed by atoms with E-state index in [0.717, 1.165) is 0 Å². The molecule has 0 amide bonds. The number of Topliss-reactive ketones (excluding diaryl/α,β-unsaturated/α-hetero) is 1. The van der Waals surface area contributed by atoms with Gasteiger partial charge in [-0.25, -0.2) is 4.39 Å². The highest BCUT2D eigenvalue weighted by molar-refractivity contribution is 5.84. The fourth-order valence-electron chi connectivity index (χ4n) is 0.588. The molecular weight excluding hydrogens is 170 g/mol. The van der Waals surface area contributed by atoms with E-state index in [-0.39, 0.29) is 0 Å². The number of carbonyl (C=O) groups is 1. The van der Waals surface area contributed by atoms with Gasteiger partial charge < -0.3 is 20.4 Å². The van der Waals surface area contributed by atoms with Crippen LogP contribution in [0.15, 0.2) is 0 Å². The molecule has 0 fully saturated rings. The van der Waals surface area contributed by atoms with Crippen LogP contribution < -0.4 is 0 Å². The van der Waals surface area contributed by atoms with Crippen molar-refractivity contribution < 1.29 is 29.6 Å². The van der Waals surface area contributed by atoms with Crippen molar-refractivity contribution in [2.75, 3.05) is 13.3 Å².